The van der Waals surface area contributed by atoms with Crippen LogP contribution in [0.25, 0.3) is 21.8 Å². The summed E-state index contributed by atoms with van der Waals surface area (Å²) in [5.41, 5.74) is 0.654. The minimum atomic E-state index is -0.232. The first kappa shape index (κ1) is 21.6. The van der Waals surface area contributed by atoms with Gasteiger partial charge in [0.25, 0.3) is 11.1 Å². The van der Waals surface area contributed by atoms with E-state index in [2.05, 4.69) is 22.1 Å². The number of hydrogen-bond donors (Lipinski definition) is 0. The van der Waals surface area contributed by atoms with E-state index in [-0.39, 0.29) is 35.7 Å². The highest BCUT2D eigenvalue weighted by molar-refractivity contribution is 7.99. The first-order valence-electron chi connectivity index (χ1n) is 9.62. The van der Waals surface area contributed by atoms with E-state index in [0.29, 0.717) is 32.1 Å². The van der Waals surface area contributed by atoms with Crippen molar-refractivity contribution in [2.24, 2.45) is 0 Å². The fourth-order valence-electron chi connectivity index (χ4n) is 3.30. The van der Waals surface area contributed by atoms with Crippen LogP contribution in [0.5, 0.6) is 0 Å². The quantitative estimate of drug-likeness (QED) is 0.305. The smallest absolute Gasteiger partial charge is 0.262 e. The highest BCUT2D eigenvalue weighted by Crippen LogP contribution is 2.20. The highest BCUT2D eigenvalue weighted by atomic mass is 32.2. The molecule has 2 aromatic heterocycles. The third kappa shape index (κ3) is 4.24. The van der Waals surface area contributed by atoms with Crippen molar-refractivity contribution in [1.82, 2.24) is 19.1 Å². The zero-order chi connectivity index (χ0) is 22.5. The number of para-hydroxylation sites is 2. The summed E-state index contributed by atoms with van der Waals surface area (Å²) in [6, 6.07) is 18.2. The van der Waals surface area contributed by atoms with Crippen molar-refractivity contribution in [1.29, 1.82) is 10.5 Å². The summed E-state index contributed by atoms with van der Waals surface area (Å²) < 4.78 is 2.98. The molecule has 0 aliphatic heterocycles. The summed E-state index contributed by atoms with van der Waals surface area (Å²) in [5, 5.41) is 19.8. The minimum Gasteiger partial charge on any atom is -0.285 e. The van der Waals surface area contributed by atoms with Crippen LogP contribution in [0.4, 0.5) is 0 Å². The van der Waals surface area contributed by atoms with Crippen LogP contribution in [-0.2, 0) is 13.1 Å². The van der Waals surface area contributed by atoms with Crippen molar-refractivity contribution >= 4 is 45.3 Å². The number of thioether (sulfide) groups is 2. The van der Waals surface area contributed by atoms with Crippen LogP contribution >= 0.6 is 23.5 Å². The van der Waals surface area contributed by atoms with E-state index in [1.165, 1.54) is 32.7 Å². The molecule has 2 heterocycles. The molecule has 2 aromatic carbocycles. The molecule has 10 heteroatoms. The van der Waals surface area contributed by atoms with Gasteiger partial charge in [-0.25, -0.2) is 9.97 Å². The second-order valence-electron chi connectivity index (χ2n) is 6.63. The van der Waals surface area contributed by atoms with Crippen molar-refractivity contribution in [2.45, 2.75) is 23.4 Å². The lowest BCUT2D eigenvalue weighted by Crippen LogP contribution is -2.30. The molecule has 4 rings (SSSR count). The monoisotopic (exact) mass is 460 g/mol. The van der Waals surface area contributed by atoms with Crippen LogP contribution in [0.15, 0.2) is 68.4 Å². The molecule has 32 heavy (non-hydrogen) atoms. The average Bonchev–Trinajstić information content (AvgIpc) is 2.82. The van der Waals surface area contributed by atoms with Crippen LogP contribution in [0, 0.1) is 22.7 Å². The maximum absolute atomic E-state index is 13.2. The fourth-order valence-corrected chi connectivity index (χ4v) is 4.68. The van der Waals surface area contributed by atoms with E-state index in [9.17, 15) is 9.59 Å². The topological polar surface area (TPSA) is 117 Å². The van der Waals surface area contributed by atoms with E-state index in [0.717, 1.165) is 0 Å². The van der Waals surface area contributed by atoms with E-state index >= 15 is 0 Å². The molecule has 0 fully saturated rings. The van der Waals surface area contributed by atoms with Crippen LogP contribution < -0.4 is 11.1 Å². The molecule has 4 aromatic rings. The normalized spacial score (nSPS) is 10.8. The van der Waals surface area contributed by atoms with Gasteiger partial charge in [0.05, 0.1) is 45.4 Å². The molecule has 0 saturated heterocycles. The third-order valence-corrected chi connectivity index (χ3v) is 6.42. The lowest BCUT2D eigenvalue weighted by Gasteiger charge is -2.15. The van der Waals surface area contributed by atoms with Crippen molar-refractivity contribution < 1.29 is 0 Å². The Bertz CT molecular complexity index is 1400. The number of hydrogen-bond acceptors (Lipinski definition) is 8. The van der Waals surface area contributed by atoms with Crippen LogP contribution in [-0.4, -0.2) is 30.6 Å². The largest absolute Gasteiger partial charge is 0.285 e. The van der Waals surface area contributed by atoms with Gasteiger partial charge in [0.1, 0.15) is 0 Å². The molecule has 158 valence electrons. The number of nitriles is 2. The Kier molecular flexibility index (Phi) is 6.55. The second-order valence-corrected chi connectivity index (χ2v) is 8.52. The van der Waals surface area contributed by atoms with Gasteiger partial charge in [-0.15, -0.1) is 0 Å². The number of fused-ring (bicyclic) bond motifs is 2. The minimum absolute atomic E-state index is 0.144. The summed E-state index contributed by atoms with van der Waals surface area (Å²) in [7, 11) is 0. The van der Waals surface area contributed by atoms with Gasteiger partial charge in [-0.05, 0) is 24.3 Å². The van der Waals surface area contributed by atoms with Crippen LogP contribution in [0.1, 0.15) is 0 Å². The zero-order valence-electron chi connectivity index (χ0n) is 16.8. The Hall–Kier alpha value is -3.60. The lowest BCUT2D eigenvalue weighted by molar-refractivity contribution is 0.486. The number of benzene rings is 2. The van der Waals surface area contributed by atoms with Crippen LogP contribution in [0.2, 0.25) is 0 Å². The predicted molar refractivity (Wildman–Crippen MR) is 125 cm³/mol. The Labute approximate surface area is 191 Å². The van der Waals surface area contributed by atoms with Crippen molar-refractivity contribution in [3.05, 3.63) is 69.2 Å². The molecule has 0 amide bonds. The Morgan fingerprint density at radius 1 is 0.719 bits per heavy atom. The molecule has 0 N–H and O–H groups in total. The highest BCUT2D eigenvalue weighted by Gasteiger charge is 2.15. The molecule has 0 radical (unpaired) electrons. The molecule has 0 saturated carbocycles. The van der Waals surface area contributed by atoms with Gasteiger partial charge in [0, 0.05) is 13.1 Å². The summed E-state index contributed by atoms with van der Waals surface area (Å²) in [4.78, 5) is 35.4. The van der Waals surface area contributed by atoms with E-state index in [1.807, 2.05) is 0 Å². The van der Waals surface area contributed by atoms with Crippen molar-refractivity contribution in [2.75, 3.05) is 11.5 Å². The summed E-state index contributed by atoms with van der Waals surface area (Å²) in [5.74, 6) is 0.289. The average molecular weight is 461 g/mol. The maximum atomic E-state index is 13.2. The van der Waals surface area contributed by atoms with Gasteiger partial charge in [-0.2, -0.15) is 10.5 Å². The number of aromatic nitrogens is 4. The Balaban J connectivity index is 1.79. The first-order valence-corrected chi connectivity index (χ1v) is 11.6. The second kappa shape index (κ2) is 9.69. The van der Waals surface area contributed by atoms with Gasteiger partial charge >= 0.3 is 0 Å². The van der Waals surface area contributed by atoms with Crippen LogP contribution in [0.3, 0.4) is 0 Å². The first-order chi connectivity index (χ1) is 15.6. The molecule has 0 aliphatic carbocycles. The van der Waals surface area contributed by atoms with Gasteiger partial charge < -0.3 is 0 Å². The van der Waals surface area contributed by atoms with Crippen molar-refractivity contribution in [3.63, 3.8) is 0 Å². The summed E-state index contributed by atoms with van der Waals surface area (Å²) in [6.07, 6.45) is 0. The molecule has 8 nitrogen and oxygen atoms in total. The van der Waals surface area contributed by atoms with E-state index in [4.69, 9.17) is 10.5 Å². The van der Waals surface area contributed by atoms with Crippen molar-refractivity contribution in [3.8, 4) is 12.1 Å². The fraction of sp³-hybridized carbons (Fsp3) is 0.182. The Morgan fingerprint density at radius 2 is 1.12 bits per heavy atom. The zero-order valence-corrected chi connectivity index (χ0v) is 18.4. The molecular formula is C22H16N6O2S2. The molecular weight excluding hydrogens is 444 g/mol. The molecule has 0 spiro atoms. The predicted octanol–water partition coefficient (Wildman–Crippen LogP) is 3.04. The SMILES string of the molecule is N#CCSc1nc2ccccc2c(=O)n1CCn1c(SCC#N)nc2ccccc2c1=O. The molecule has 0 aliphatic rings. The molecule has 0 atom stereocenters. The van der Waals surface area contributed by atoms with Gasteiger partial charge in [0.15, 0.2) is 10.3 Å². The molecule has 0 bridgehead atoms. The Morgan fingerprint density at radius 3 is 1.53 bits per heavy atom. The number of nitrogens with zero attached hydrogens (tertiary/aromatic N) is 6. The van der Waals surface area contributed by atoms with Gasteiger partial charge in [0.2, 0.25) is 0 Å². The molecule has 0 unspecified atom stereocenters. The van der Waals surface area contributed by atoms with Gasteiger partial charge in [-0.1, -0.05) is 47.8 Å². The summed E-state index contributed by atoms with van der Waals surface area (Å²) in [6.45, 7) is 0.342. The lowest BCUT2D eigenvalue weighted by atomic mass is 10.2. The summed E-state index contributed by atoms with van der Waals surface area (Å²) >= 11 is 2.35. The standard InChI is InChI=1S/C22H16N6O2S2/c23-9-13-31-21-25-17-7-3-1-5-15(17)19(29)27(21)11-12-28-20(30)16-6-2-4-8-18(16)26-22(28)32-14-10-24/h1-8H,11-14H2. The van der Waals surface area contributed by atoms with E-state index in [1.54, 1.807) is 48.5 Å². The number of rotatable bonds is 7. The van der Waals surface area contributed by atoms with Gasteiger partial charge in [-0.3, -0.25) is 18.7 Å². The van der Waals surface area contributed by atoms with E-state index < -0.39 is 0 Å². The third-order valence-electron chi connectivity index (χ3n) is 4.73. The maximum Gasteiger partial charge on any atom is 0.262 e.